The van der Waals surface area contributed by atoms with Crippen LogP contribution >= 0.6 is 15.9 Å². The first kappa shape index (κ1) is 20.6. The van der Waals surface area contributed by atoms with Gasteiger partial charge in [-0.2, -0.15) is 18.3 Å². The Labute approximate surface area is 164 Å². The summed E-state index contributed by atoms with van der Waals surface area (Å²) < 4.78 is 46.1. The largest absolute Gasteiger partial charge is 0.436 e. The minimum absolute atomic E-state index is 0.0274. The first-order valence-corrected chi connectivity index (χ1v) is 10.0. The SMILES string of the molecule is CC(C(=O)NCCCN1CCOCC1)n1nc(C(F)(F)F)c(Br)c1C1CC1. The Hall–Kier alpha value is -1.13. The molecule has 1 saturated carbocycles. The van der Waals surface area contributed by atoms with E-state index in [0.29, 0.717) is 12.2 Å². The molecule has 0 spiro atoms. The van der Waals surface area contributed by atoms with Crippen LogP contribution in [0.15, 0.2) is 4.47 Å². The topological polar surface area (TPSA) is 59.4 Å². The highest BCUT2D eigenvalue weighted by molar-refractivity contribution is 9.10. The average Bonchev–Trinajstić information content (AvgIpc) is 3.40. The van der Waals surface area contributed by atoms with Gasteiger partial charge in [0.15, 0.2) is 5.69 Å². The Balaban J connectivity index is 1.59. The molecular formula is C17H24BrF3N4O2. The predicted octanol–water partition coefficient (Wildman–Crippen LogP) is 2.94. The van der Waals surface area contributed by atoms with E-state index >= 15 is 0 Å². The van der Waals surface area contributed by atoms with Crippen LogP contribution in [0.4, 0.5) is 13.2 Å². The summed E-state index contributed by atoms with van der Waals surface area (Å²) in [6, 6.07) is -0.795. The maximum absolute atomic E-state index is 13.2. The fourth-order valence-corrected chi connectivity index (χ4v) is 4.03. The predicted molar refractivity (Wildman–Crippen MR) is 96.5 cm³/mol. The van der Waals surface area contributed by atoms with Crippen LogP contribution in [0.25, 0.3) is 0 Å². The van der Waals surface area contributed by atoms with Crippen molar-refractivity contribution >= 4 is 21.8 Å². The maximum Gasteiger partial charge on any atom is 0.436 e. The third-order valence-electron chi connectivity index (χ3n) is 4.92. The number of ether oxygens (including phenoxy) is 1. The third-order valence-corrected chi connectivity index (χ3v) is 5.70. The summed E-state index contributed by atoms with van der Waals surface area (Å²) >= 11 is 3.05. The molecule has 10 heteroatoms. The molecule has 1 unspecified atom stereocenters. The van der Waals surface area contributed by atoms with E-state index in [1.54, 1.807) is 6.92 Å². The van der Waals surface area contributed by atoms with Gasteiger partial charge in [-0.25, -0.2) is 0 Å². The van der Waals surface area contributed by atoms with E-state index in [-0.39, 0.29) is 16.3 Å². The number of carbonyl (C=O) groups is 1. The second-order valence-corrected chi connectivity index (χ2v) is 7.83. The van der Waals surface area contributed by atoms with Gasteiger partial charge in [0.1, 0.15) is 6.04 Å². The van der Waals surface area contributed by atoms with Crippen molar-refractivity contribution in [2.24, 2.45) is 0 Å². The summed E-state index contributed by atoms with van der Waals surface area (Å²) in [6.07, 6.45) is -2.14. The summed E-state index contributed by atoms with van der Waals surface area (Å²) in [5.74, 6) is -0.290. The number of alkyl halides is 3. The van der Waals surface area contributed by atoms with Crippen molar-refractivity contribution < 1.29 is 22.7 Å². The number of hydrogen-bond acceptors (Lipinski definition) is 4. The maximum atomic E-state index is 13.2. The van der Waals surface area contributed by atoms with Crippen LogP contribution in [0.5, 0.6) is 0 Å². The van der Waals surface area contributed by atoms with Gasteiger partial charge in [0, 0.05) is 25.6 Å². The lowest BCUT2D eigenvalue weighted by Crippen LogP contribution is -2.39. The Bertz CT molecular complexity index is 670. The van der Waals surface area contributed by atoms with Crippen LogP contribution in [0.2, 0.25) is 0 Å². The number of nitrogens with one attached hydrogen (secondary N) is 1. The van der Waals surface area contributed by atoms with Crippen LogP contribution in [-0.4, -0.2) is 60.0 Å². The van der Waals surface area contributed by atoms with Gasteiger partial charge >= 0.3 is 6.18 Å². The van der Waals surface area contributed by atoms with E-state index in [2.05, 4.69) is 31.2 Å². The van der Waals surface area contributed by atoms with E-state index < -0.39 is 17.9 Å². The van der Waals surface area contributed by atoms with Gasteiger partial charge in [-0.15, -0.1) is 0 Å². The number of nitrogens with zero attached hydrogens (tertiary/aromatic N) is 3. The Morgan fingerprint density at radius 2 is 2.04 bits per heavy atom. The molecule has 2 heterocycles. The molecule has 6 nitrogen and oxygen atoms in total. The average molecular weight is 453 g/mol. The summed E-state index contributed by atoms with van der Waals surface area (Å²) in [6.45, 7) is 6.15. The van der Waals surface area contributed by atoms with Crippen LogP contribution < -0.4 is 5.32 Å². The van der Waals surface area contributed by atoms with Crippen molar-refractivity contribution in [2.45, 2.75) is 44.3 Å². The molecule has 0 bridgehead atoms. The molecular weight excluding hydrogens is 429 g/mol. The standard InChI is InChI=1S/C17H24BrF3N4O2/c1-11(16(26)22-5-2-6-24-7-9-27-10-8-24)25-14(12-3-4-12)13(18)15(23-25)17(19,20)21/h11-12H,2-10H2,1H3,(H,22,26). The summed E-state index contributed by atoms with van der Waals surface area (Å²) in [4.78, 5) is 14.7. The summed E-state index contributed by atoms with van der Waals surface area (Å²) in [5.41, 5.74) is -0.491. The van der Waals surface area contributed by atoms with E-state index in [1.165, 1.54) is 4.68 Å². The molecule has 0 aromatic carbocycles. The van der Waals surface area contributed by atoms with E-state index in [9.17, 15) is 18.0 Å². The van der Waals surface area contributed by atoms with Gasteiger partial charge in [-0.05, 0) is 48.7 Å². The molecule has 1 aliphatic carbocycles. The molecule has 1 amide bonds. The molecule has 152 valence electrons. The highest BCUT2D eigenvalue weighted by Crippen LogP contribution is 2.47. The van der Waals surface area contributed by atoms with Crippen molar-refractivity contribution in [3.8, 4) is 0 Å². The molecule has 1 aromatic heterocycles. The summed E-state index contributed by atoms with van der Waals surface area (Å²) in [5, 5.41) is 6.55. The molecule has 27 heavy (non-hydrogen) atoms. The number of aromatic nitrogens is 2. The molecule has 1 N–H and O–H groups in total. The van der Waals surface area contributed by atoms with Crippen LogP contribution in [0.3, 0.4) is 0 Å². The van der Waals surface area contributed by atoms with Crippen molar-refractivity contribution in [3.63, 3.8) is 0 Å². The number of morpholine rings is 1. The molecule has 0 radical (unpaired) electrons. The number of halogens is 4. The number of amides is 1. The van der Waals surface area contributed by atoms with Crippen molar-refractivity contribution in [1.82, 2.24) is 20.0 Å². The quantitative estimate of drug-likeness (QED) is 0.646. The van der Waals surface area contributed by atoms with E-state index in [4.69, 9.17) is 4.74 Å². The van der Waals surface area contributed by atoms with Crippen LogP contribution in [-0.2, 0) is 15.7 Å². The lowest BCUT2D eigenvalue weighted by atomic mass is 10.2. The zero-order valence-electron chi connectivity index (χ0n) is 15.2. The minimum Gasteiger partial charge on any atom is -0.379 e. The Kier molecular flexibility index (Phi) is 6.47. The second kappa shape index (κ2) is 8.48. The van der Waals surface area contributed by atoms with Crippen molar-refractivity contribution in [3.05, 3.63) is 15.9 Å². The third kappa shape index (κ3) is 5.03. The van der Waals surface area contributed by atoms with E-state index in [0.717, 1.165) is 52.1 Å². The first-order valence-electron chi connectivity index (χ1n) is 9.22. The number of rotatable bonds is 7. The van der Waals surface area contributed by atoms with Gasteiger partial charge in [0.25, 0.3) is 0 Å². The minimum atomic E-state index is -4.55. The van der Waals surface area contributed by atoms with Crippen LogP contribution in [0, 0.1) is 0 Å². The van der Waals surface area contributed by atoms with Gasteiger partial charge in [-0.3, -0.25) is 14.4 Å². The monoisotopic (exact) mass is 452 g/mol. The van der Waals surface area contributed by atoms with Crippen molar-refractivity contribution in [2.75, 3.05) is 39.4 Å². The number of carbonyl (C=O) groups excluding carboxylic acids is 1. The smallest absolute Gasteiger partial charge is 0.379 e. The number of hydrogen-bond donors (Lipinski definition) is 1. The molecule has 1 saturated heterocycles. The molecule has 3 rings (SSSR count). The molecule has 2 aliphatic rings. The van der Waals surface area contributed by atoms with Gasteiger partial charge in [0.2, 0.25) is 5.91 Å². The fourth-order valence-electron chi connectivity index (χ4n) is 3.22. The normalized spacial score (nSPS) is 19.9. The van der Waals surface area contributed by atoms with Gasteiger partial charge in [-0.1, -0.05) is 0 Å². The zero-order valence-corrected chi connectivity index (χ0v) is 16.8. The summed E-state index contributed by atoms with van der Waals surface area (Å²) in [7, 11) is 0. The lowest BCUT2D eigenvalue weighted by Gasteiger charge is -2.26. The Morgan fingerprint density at radius 3 is 2.63 bits per heavy atom. The fraction of sp³-hybridized carbons (Fsp3) is 0.765. The highest BCUT2D eigenvalue weighted by atomic mass is 79.9. The van der Waals surface area contributed by atoms with Gasteiger partial charge in [0.05, 0.1) is 23.4 Å². The highest BCUT2D eigenvalue weighted by Gasteiger charge is 2.42. The molecule has 1 aliphatic heterocycles. The second-order valence-electron chi connectivity index (χ2n) is 7.04. The Morgan fingerprint density at radius 1 is 1.37 bits per heavy atom. The molecule has 1 atom stereocenters. The van der Waals surface area contributed by atoms with Crippen molar-refractivity contribution in [1.29, 1.82) is 0 Å². The van der Waals surface area contributed by atoms with Gasteiger partial charge < -0.3 is 10.1 Å². The molecule has 1 aromatic rings. The first-order chi connectivity index (χ1) is 12.8. The molecule has 2 fully saturated rings. The zero-order chi connectivity index (χ0) is 19.6. The lowest BCUT2D eigenvalue weighted by molar-refractivity contribution is -0.142. The van der Waals surface area contributed by atoms with Crippen LogP contribution in [0.1, 0.15) is 49.5 Å². The van der Waals surface area contributed by atoms with E-state index in [1.807, 2.05) is 0 Å².